The van der Waals surface area contributed by atoms with Crippen molar-refractivity contribution in [2.24, 2.45) is 5.92 Å². The molecule has 0 aromatic heterocycles. The van der Waals surface area contributed by atoms with Crippen LogP contribution >= 0.6 is 0 Å². The molecule has 7 heteroatoms. The van der Waals surface area contributed by atoms with E-state index < -0.39 is 18.6 Å². The average Bonchev–Trinajstić information content (AvgIpc) is 2.33. The highest BCUT2D eigenvalue weighted by Crippen LogP contribution is 2.18. The number of halogens is 3. The van der Waals surface area contributed by atoms with Crippen LogP contribution in [0.5, 0.6) is 0 Å². The zero-order valence-electron chi connectivity index (χ0n) is 11.2. The molecule has 112 valence electrons. The molecule has 4 nitrogen and oxygen atoms in total. The number of alkyl halides is 3. The highest BCUT2D eigenvalue weighted by molar-refractivity contribution is 5.77. The summed E-state index contributed by atoms with van der Waals surface area (Å²) in [6, 6.07) is 0. The maximum absolute atomic E-state index is 11.8. The predicted molar refractivity (Wildman–Crippen MR) is 66.8 cm³/mol. The van der Waals surface area contributed by atoms with E-state index in [2.05, 4.69) is 17.3 Å². The number of likely N-dealkylation sites (tertiary alicyclic amines) is 1. The molecule has 0 saturated carbocycles. The van der Waals surface area contributed by atoms with E-state index >= 15 is 0 Å². The minimum absolute atomic E-state index is 0.0529. The molecule has 1 aliphatic heterocycles. The first-order chi connectivity index (χ1) is 8.87. The summed E-state index contributed by atoms with van der Waals surface area (Å²) in [5.74, 6) is 0.0441. The smallest absolute Gasteiger partial charge is 0.346 e. The van der Waals surface area contributed by atoms with Crippen molar-refractivity contribution < 1.29 is 18.0 Å². The summed E-state index contributed by atoms with van der Waals surface area (Å²) in [6.45, 7) is 1.55. The van der Waals surface area contributed by atoms with Gasteiger partial charge in [0.1, 0.15) is 6.54 Å². The summed E-state index contributed by atoms with van der Waals surface area (Å²) in [5.41, 5.74) is 0. The van der Waals surface area contributed by atoms with Crippen LogP contribution < -0.4 is 10.6 Å². The molecule has 19 heavy (non-hydrogen) atoms. The van der Waals surface area contributed by atoms with Crippen LogP contribution in [0.15, 0.2) is 0 Å². The average molecular weight is 281 g/mol. The maximum Gasteiger partial charge on any atom is 0.405 e. The summed E-state index contributed by atoms with van der Waals surface area (Å²) in [7, 11) is 2.10. The van der Waals surface area contributed by atoms with Gasteiger partial charge >= 0.3 is 6.18 Å². The SMILES string of the molecule is CN1CCC(CCNCC(=O)NCC(F)(F)F)CC1. The largest absolute Gasteiger partial charge is 0.405 e. The molecule has 0 spiro atoms. The third kappa shape index (κ3) is 8.05. The molecule has 0 aromatic rings. The highest BCUT2D eigenvalue weighted by atomic mass is 19.4. The monoisotopic (exact) mass is 281 g/mol. The molecule has 0 radical (unpaired) electrons. The molecular weight excluding hydrogens is 259 g/mol. The molecular formula is C12H22F3N3O. The zero-order chi connectivity index (χ0) is 14.3. The quantitative estimate of drug-likeness (QED) is 0.714. The van der Waals surface area contributed by atoms with Gasteiger partial charge in [-0.1, -0.05) is 0 Å². The van der Waals surface area contributed by atoms with Crippen LogP contribution in [0.25, 0.3) is 0 Å². The van der Waals surface area contributed by atoms with Gasteiger partial charge in [0.2, 0.25) is 5.91 Å². The van der Waals surface area contributed by atoms with Crippen LogP contribution in [0.4, 0.5) is 13.2 Å². The fourth-order valence-electron chi connectivity index (χ4n) is 2.12. The molecule has 0 bridgehead atoms. The first kappa shape index (κ1) is 16.2. The Morgan fingerprint density at radius 2 is 1.95 bits per heavy atom. The molecule has 2 N–H and O–H groups in total. The number of nitrogens with zero attached hydrogens (tertiary/aromatic N) is 1. The zero-order valence-corrected chi connectivity index (χ0v) is 11.2. The normalized spacial score (nSPS) is 18.5. The van der Waals surface area contributed by atoms with Crippen molar-refractivity contribution in [3.05, 3.63) is 0 Å². The number of carbonyl (C=O) groups excluding carboxylic acids is 1. The highest BCUT2D eigenvalue weighted by Gasteiger charge is 2.27. The Morgan fingerprint density at radius 3 is 2.53 bits per heavy atom. The fourth-order valence-corrected chi connectivity index (χ4v) is 2.12. The summed E-state index contributed by atoms with van der Waals surface area (Å²) in [5, 5.41) is 4.72. The fraction of sp³-hybridized carbons (Fsp3) is 0.917. The van der Waals surface area contributed by atoms with Crippen molar-refractivity contribution in [2.75, 3.05) is 39.8 Å². The van der Waals surface area contributed by atoms with Crippen LogP contribution in [0.2, 0.25) is 0 Å². The van der Waals surface area contributed by atoms with Crippen molar-refractivity contribution in [3.8, 4) is 0 Å². The molecule has 1 fully saturated rings. The van der Waals surface area contributed by atoms with Crippen LogP contribution in [0.3, 0.4) is 0 Å². The van der Waals surface area contributed by atoms with Gasteiger partial charge in [-0.3, -0.25) is 4.79 Å². The van der Waals surface area contributed by atoms with E-state index in [9.17, 15) is 18.0 Å². The molecule has 1 aliphatic rings. The van der Waals surface area contributed by atoms with E-state index in [1.807, 2.05) is 5.32 Å². The van der Waals surface area contributed by atoms with E-state index in [-0.39, 0.29) is 6.54 Å². The Kier molecular flexibility index (Phi) is 6.57. The molecule has 1 heterocycles. The lowest BCUT2D eigenvalue weighted by atomic mass is 9.94. The first-order valence-corrected chi connectivity index (χ1v) is 6.59. The molecule has 0 atom stereocenters. The predicted octanol–water partition coefficient (Wildman–Crippen LogP) is 0.986. The molecule has 0 aromatic carbocycles. The van der Waals surface area contributed by atoms with Gasteiger partial charge in [-0.15, -0.1) is 0 Å². The standard InChI is InChI=1S/C12H22F3N3O/c1-18-6-3-10(4-7-18)2-5-16-8-11(19)17-9-12(13,14)15/h10,16H,2-9H2,1H3,(H,17,19). The van der Waals surface area contributed by atoms with Gasteiger partial charge in [-0.25, -0.2) is 0 Å². The third-order valence-electron chi connectivity index (χ3n) is 3.34. The number of carbonyl (C=O) groups is 1. The number of piperidine rings is 1. The lowest BCUT2D eigenvalue weighted by Crippen LogP contribution is -2.39. The number of hydrogen-bond donors (Lipinski definition) is 2. The van der Waals surface area contributed by atoms with Crippen molar-refractivity contribution in [2.45, 2.75) is 25.4 Å². The second-order valence-electron chi connectivity index (χ2n) is 5.10. The van der Waals surface area contributed by atoms with E-state index in [1.165, 1.54) is 0 Å². The molecule has 0 unspecified atom stereocenters. The van der Waals surface area contributed by atoms with Gasteiger partial charge in [0.25, 0.3) is 0 Å². The van der Waals surface area contributed by atoms with Crippen LogP contribution in [0.1, 0.15) is 19.3 Å². The molecule has 1 amide bonds. The first-order valence-electron chi connectivity index (χ1n) is 6.59. The second kappa shape index (κ2) is 7.69. The van der Waals surface area contributed by atoms with Gasteiger partial charge in [-0.2, -0.15) is 13.2 Å². The third-order valence-corrected chi connectivity index (χ3v) is 3.34. The topological polar surface area (TPSA) is 44.4 Å². The van der Waals surface area contributed by atoms with E-state index in [0.29, 0.717) is 12.5 Å². The Balaban J connectivity index is 2.00. The van der Waals surface area contributed by atoms with Gasteiger partial charge in [0.05, 0.1) is 6.54 Å². The van der Waals surface area contributed by atoms with Gasteiger partial charge in [-0.05, 0) is 51.9 Å². The summed E-state index contributed by atoms with van der Waals surface area (Å²) in [4.78, 5) is 13.4. The van der Waals surface area contributed by atoms with Crippen LogP contribution in [-0.4, -0.2) is 56.8 Å². The van der Waals surface area contributed by atoms with Crippen LogP contribution in [-0.2, 0) is 4.79 Å². The summed E-state index contributed by atoms with van der Waals surface area (Å²) in [6.07, 6.45) is -1.07. The molecule has 1 saturated heterocycles. The maximum atomic E-state index is 11.8. The Labute approximate surface area is 111 Å². The number of hydrogen-bond acceptors (Lipinski definition) is 3. The summed E-state index contributed by atoms with van der Waals surface area (Å²) >= 11 is 0. The van der Waals surface area contributed by atoms with Crippen LogP contribution in [0, 0.1) is 5.92 Å². The van der Waals surface area contributed by atoms with E-state index in [0.717, 1.165) is 32.4 Å². The Bertz CT molecular complexity index is 276. The number of amides is 1. The second-order valence-corrected chi connectivity index (χ2v) is 5.10. The van der Waals surface area contributed by atoms with Gasteiger partial charge in [0.15, 0.2) is 0 Å². The van der Waals surface area contributed by atoms with E-state index in [1.54, 1.807) is 0 Å². The van der Waals surface area contributed by atoms with Gasteiger partial charge < -0.3 is 15.5 Å². The Morgan fingerprint density at radius 1 is 1.32 bits per heavy atom. The molecule has 0 aliphatic carbocycles. The van der Waals surface area contributed by atoms with Crippen molar-refractivity contribution in [1.29, 1.82) is 0 Å². The molecule has 1 rings (SSSR count). The lowest BCUT2D eigenvalue weighted by molar-refractivity contribution is -0.137. The lowest BCUT2D eigenvalue weighted by Gasteiger charge is -2.28. The number of nitrogens with one attached hydrogen (secondary N) is 2. The summed E-state index contributed by atoms with van der Waals surface area (Å²) < 4.78 is 35.5. The van der Waals surface area contributed by atoms with Gasteiger partial charge in [0, 0.05) is 0 Å². The minimum atomic E-state index is -4.34. The minimum Gasteiger partial charge on any atom is -0.346 e. The van der Waals surface area contributed by atoms with E-state index in [4.69, 9.17) is 0 Å². The number of rotatable bonds is 6. The van der Waals surface area contributed by atoms with Crippen molar-refractivity contribution >= 4 is 5.91 Å². The Hall–Kier alpha value is -0.820. The van der Waals surface area contributed by atoms with Crippen molar-refractivity contribution in [3.63, 3.8) is 0 Å². The van der Waals surface area contributed by atoms with Crippen molar-refractivity contribution in [1.82, 2.24) is 15.5 Å².